The average Bonchev–Trinajstić information content (AvgIpc) is 2.59. The monoisotopic (exact) mass is 349 g/mol. The summed E-state index contributed by atoms with van der Waals surface area (Å²) in [6.07, 6.45) is 0. The lowest BCUT2D eigenvalue weighted by atomic mass is 10.0. The maximum absolute atomic E-state index is 12.9. The second-order valence-electron chi connectivity index (χ2n) is 5.29. The Balaban J connectivity index is 2.48. The maximum Gasteiger partial charge on any atom is 0.197 e. The molecule has 0 amide bonds. The zero-order chi connectivity index (χ0) is 17.0. The molecular weight excluding hydrogens is 331 g/mol. The molecule has 23 heavy (non-hydrogen) atoms. The van der Waals surface area contributed by atoms with Crippen LogP contribution in [0.1, 0.15) is 29.8 Å². The lowest BCUT2D eigenvalue weighted by Gasteiger charge is -2.16. The number of alkyl halides is 1. The van der Waals surface area contributed by atoms with Gasteiger partial charge in [-0.25, -0.2) is 0 Å². The summed E-state index contributed by atoms with van der Waals surface area (Å²) in [5.41, 5.74) is 0.665. The van der Waals surface area contributed by atoms with Crippen LogP contribution >= 0.6 is 19.4 Å². The normalized spacial score (nSPS) is 14.0. The van der Waals surface area contributed by atoms with E-state index < -0.39 is 7.80 Å². The second-order valence-corrected chi connectivity index (χ2v) is 7.93. The van der Waals surface area contributed by atoms with Crippen molar-refractivity contribution in [1.82, 2.24) is 0 Å². The molecule has 0 heterocycles. The van der Waals surface area contributed by atoms with E-state index in [4.69, 9.17) is 16.3 Å². The molecule has 0 aliphatic rings. The third-order valence-electron chi connectivity index (χ3n) is 3.77. The van der Waals surface area contributed by atoms with Crippen molar-refractivity contribution in [2.24, 2.45) is 0 Å². The van der Waals surface area contributed by atoms with Crippen LogP contribution < -0.4 is 10.0 Å². The van der Waals surface area contributed by atoms with Crippen molar-refractivity contribution in [3.8, 4) is 5.75 Å². The van der Waals surface area contributed by atoms with Gasteiger partial charge in [0.15, 0.2) is 5.78 Å². The fraction of sp³-hybridized carbons (Fsp3) is 0.278. The number of ether oxygens (including phenoxy) is 1. The molecule has 0 saturated carbocycles. The number of carbonyl (C=O) groups excluding carboxylic acids is 1. The Bertz CT molecular complexity index is 728. The number of methoxy groups -OCH3 is 1. The van der Waals surface area contributed by atoms with Gasteiger partial charge in [0, 0.05) is 21.9 Å². The largest absolute Gasteiger partial charge is 0.496 e. The molecule has 0 saturated heterocycles. The van der Waals surface area contributed by atoms with Gasteiger partial charge < -0.3 is 4.74 Å². The smallest absolute Gasteiger partial charge is 0.197 e. The van der Waals surface area contributed by atoms with E-state index in [1.807, 2.05) is 13.8 Å². The summed E-state index contributed by atoms with van der Waals surface area (Å²) in [4.78, 5) is 12.9. The topological polar surface area (TPSA) is 43.4 Å². The summed E-state index contributed by atoms with van der Waals surface area (Å²) in [7, 11) is -0.254. The summed E-state index contributed by atoms with van der Waals surface area (Å²) in [5, 5.41) is 0.298. The third kappa shape index (κ3) is 3.80. The number of hydrogen-bond acceptors (Lipinski definition) is 3. The van der Waals surface area contributed by atoms with E-state index in [0.717, 1.165) is 0 Å². The van der Waals surface area contributed by atoms with Gasteiger partial charge in [-0.3, -0.25) is 9.36 Å². The van der Waals surface area contributed by atoms with Gasteiger partial charge in [-0.2, -0.15) is 0 Å². The molecule has 5 heteroatoms. The van der Waals surface area contributed by atoms with Crippen molar-refractivity contribution >= 4 is 30.5 Å². The van der Waals surface area contributed by atoms with E-state index in [2.05, 4.69) is 0 Å². The quantitative estimate of drug-likeness (QED) is 0.441. The van der Waals surface area contributed by atoms with Crippen molar-refractivity contribution in [3.05, 3.63) is 59.7 Å². The Morgan fingerprint density at radius 1 is 1.04 bits per heavy atom. The Kier molecular flexibility index (Phi) is 5.92. The predicted octanol–water partition coefficient (Wildman–Crippen LogP) is 4.39. The van der Waals surface area contributed by atoms with Crippen LogP contribution in [0.15, 0.2) is 48.5 Å². The number of ketones is 1. The molecule has 121 valence electrons. The van der Waals surface area contributed by atoms with Gasteiger partial charge in [0.05, 0.1) is 12.7 Å². The van der Waals surface area contributed by atoms with Crippen LogP contribution in [0, 0.1) is 0 Å². The first-order valence-corrected chi connectivity index (χ1v) is 9.11. The van der Waals surface area contributed by atoms with E-state index in [-0.39, 0.29) is 16.8 Å². The Hall–Kier alpha value is -1.70. The molecule has 0 fully saturated rings. The van der Waals surface area contributed by atoms with E-state index in [1.54, 1.807) is 48.5 Å². The van der Waals surface area contributed by atoms with Crippen molar-refractivity contribution < 1.29 is 14.1 Å². The van der Waals surface area contributed by atoms with Gasteiger partial charge in [0.25, 0.3) is 0 Å². The van der Waals surface area contributed by atoms with E-state index in [9.17, 15) is 9.36 Å². The fourth-order valence-electron chi connectivity index (χ4n) is 2.24. The average molecular weight is 350 g/mol. The third-order valence-corrected chi connectivity index (χ3v) is 6.38. The first-order chi connectivity index (χ1) is 11.0. The minimum atomic E-state index is -1.78. The molecule has 0 N–H and O–H groups in total. The summed E-state index contributed by atoms with van der Waals surface area (Å²) >= 11 is 6.08. The molecule has 3 unspecified atom stereocenters. The van der Waals surface area contributed by atoms with Gasteiger partial charge in [0.2, 0.25) is 0 Å². The molecule has 3 atom stereocenters. The molecule has 2 aromatic rings. The molecule has 0 aliphatic carbocycles. The van der Waals surface area contributed by atoms with Gasteiger partial charge >= 0.3 is 0 Å². The summed E-state index contributed by atoms with van der Waals surface area (Å²) in [5.74, 6) is 0.303. The summed E-state index contributed by atoms with van der Waals surface area (Å²) in [6, 6.07) is 14.0. The number of hydrogen-bond donors (Lipinski definition) is 0. The number of rotatable bonds is 6. The molecule has 2 rings (SSSR count). The van der Waals surface area contributed by atoms with Crippen LogP contribution in [0.25, 0.3) is 0 Å². The minimum Gasteiger partial charge on any atom is -0.496 e. The van der Waals surface area contributed by atoms with Crippen molar-refractivity contribution in [2.45, 2.75) is 24.9 Å². The Morgan fingerprint density at radius 3 is 2.22 bits per heavy atom. The van der Waals surface area contributed by atoms with Gasteiger partial charge in [-0.1, -0.05) is 31.2 Å². The molecule has 0 spiro atoms. The molecule has 0 aromatic heterocycles. The highest BCUT2D eigenvalue weighted by Crippen LogP contribution is 2.33. The van der Waals surface area contributed by atoms with Gasteiger partial charge in [-0.05, 0) is 31.2 Å². The van der Waals surface area contributed by atoms with Gasteiger partial charge in [0.1, 0.15) is 13.6 Å². The molecular formula is C18H19ClO3P. The van der Waals surface area contributed by atoms with E-state index in [0.29, 0.717) is 22.2 Å². The number of halogens is 1. The zero-order valence-corrected chi connectivity index (χ0v) is 15.0. The first kappa shape index (κ1) is 17.7. The SMILES string of the molecule is COc1ccccc1C(=O)c1ccccc1[P](=O)C(C)C(C)Cl. The molecule has 2 aromatic carbocycles. The predicted molar refractivity (Wildman–Crippen MR) is 94.9 cm³/mol. The van der Waals surface area contributed by atoms with Crippen LogP contribution in [-0.2, 0) is 4.57 Å². The van der Waals surface area contributed by atoms with Crippen molar-refractivity contribution in [3.63, 3.8) is 0 Å². The molecule has 0 aliphatic heterocycles. The summed E-state index contributed by atoms with van der Waals surface area (Å²) in [6.45, 7) is 3.64. The first-order valence-electron chi connectivity index (χ1n) is 7.34. The van der Waals surface area contributed by atoms with E-state index >= 15 is 0 Å². The summed E-state index contributed by atoms with van der Waals surface area (Å²) < 4.78 is 18.0. The molecule has 3 nitrogen and oxygen atoms in total. The van der Waals surface area contributed by atoms with Crippen molar-refractivity contribution in [1.29, 1.82) is 0 Å². The molecule has 0 bridgehead atoms. The Labute approximate surface area is 142 Å². The van der Waals surface area contributed by atoms with Crippen LogP contribution in [0.2, 0.25) is 0 Å². The molecule has 1 radical (unpaired) electrons. The van der Waals surface area contributed by atoms with Gasteiger partial charge in [-0.15, -0.1) is 11.6 Å². The lowest BCUT2D eigenvalue weighted by molar-refractivity contribution is 0.103. The van der Waals surface area contributed by atoms with Crippen LogP contribution in [0.5, 0.6) is 5.75 Å². The van der Waals surface area contributed by atoms with Crippen LogP contribution in [-0.4, -0.2) is 23.9 Å². The lowest BCUT2D eigenvalue weighted by Crippen LogP contribution is -2.20. The maximum atomic E-state index is 12.9. The van der Waals surface area contributed by atoms with Crippen LogP contribution in [0.4, 0.5) is 0 Å². The highest BCUT2D eigenvalue weighted by molar-refractivity contribution is 7.54. The highest BCUT2D eigenvalue weighted by Gasteiger charge is 2.25. The number of carbonyl (C=O) groups is 1. The minimum absolute atomic E-state index is 0.198. The standard InChI is InChI=1S/C18H19ClO3P/c1-12(19)13(2)23(21)17-11-7-5-9-15(17)18(20)14-8-4-6-10-16(14)22-3/h4-13H,1-3H3. The fourth-order valence-corrected chi connectivity index (χ4v) is 4.01. The second kappa shape index (κ2) is 7.72. The highest BCUT2D eigenvalue weighted by atomic mass is 35.5. The zero-order valence-electron chi connectivity index (χ0n) is 13.3. The van der Waals surface area contributed by atoms with Crippen molar-refractivity contribution in [2.75, 3.05) is 7.11 Å². The number of benzene rings is 2. The van der Waals surface area contributed by atoms with Crippen LogP contribution in [0.3, 0.4) is 0 Å². The Morgan fingerprint density at radius 2 is 1.61 bits per heavy atom. The number of para-hydroxylation sites is 1. The van der Waals surface area contributed by atoms with E-state index in [1.165, 1.54) is 7.11 Å².